The standard InChI is InChI=1S/C25H25FN4O2S/c1-33(32,29-15-28)22-4-2-3-17(12-22)18-5-6-19(23(26)13-18)9-16(14-27)10-24(31)25-20-7-8-21(11-20)30-25/h2-6,12-13,16,20-21,25,30H,7-11H2,1H3/t16-,20+,21-,25+,33?/m1/s1. The first kappa shape index (κ1) is 23.1. The van der Waals surface area contributed by atoms with Crippen LogP contribution in [-0.2, 0) is 20.9 Å². The van der Waals surface area contributed by atoms with Crippen LogP contribution in [0.15, 0.2) is 51.7 Å². The van der Waals surface area contributed by atoms with Crippen LogP contribution in [0.2, 0.25) is 0 Å². The smallest absolute Gasteiger partial charge is 0.214 e. The Kier molecular flexibility index (Phi) is 6.60. The summed E-state index contributed by atoms with van der Waals surface area (Å²) in [6, 6.07) is 13.9. The van der Waals surface area contributed by atoms with E-state index in [-0.39, 0.29) is 24.7 Å². The van der Waals surface area contributed by atoms with Crippen LogP contribution < -0.4 is 5.32 Å². The van der Waals surface area contributed by atoms with E-state index in [1.54, 1.807) is 42.6 Å². The van der Waals surface area contributed by atoms with Crippen molar-refractivity contribution in [1.82, 2.24) is 5.32 Å². The van der Waals surface area contributed by atoms with Crippen LogP contribution in [0.4, 0.5) is 4.39 Å². The molecule has 6 nitrogen and oxygen atoms in total. The van der Waals surface area contributed by atoms with Gasteiger partial charge in [0.2, 0.25) is 6.19 Å². The number of nitrogens with one attached hydrogen (secondary N) is 1. The van der Waals surface area contributed by atoms with E-state index in [1.165, 1.54) is 12.3 Å². The highest BCUT2D eigenvalue weighted by atomic mass is 32.2. The summed E-state index contributed by atoms with van der Waals surface area (Å²) in [5.41, 5.74) is 1.62. The Hall–Kier alpha value is -3.07. The van der Waals surface area contributed by atoms with Gasteiger partial charge in [-0.2, -0.15) is 10.5 Å². The fraction of sp³-hybridized carbons (Fsp3) is 0.400. The monoisotopic (exact) mass is 464 g/mol. The summed E-state index contributed by atoms with van der Waals surface area (Å²) < 4.78 is 31.0. The summed E-state index contributed by atoms with van der Waals surface area (Å²) in [4.78, 5) is 13.1. The zero-order valence-corrected chi connectivity index (χ0v) is 19.1. The molecule has 1 saturated carbocycles. The number of Topliss-reactive ketones (excluding diaryl/α,β-unsaturated/α-hetero) is 1. The lowest BCUT2D eigenvalue weighted by Gasteiger charge is -2.22. The molecule has 1 N–H and O–H groups in total. The van der Waals surface area contributed by atoms with Crippen LogP contribution in [0.5, 0.6) is 0 Å². The molecule has 1 unspecified atom stereocenters. The molecule has 1 aliphatic carbocycles. The Morgan fingerprint density at radius 3 is 2.67 bits per heavy atom. The van der Waals surface area contributed by atoms with Crippen molar-refractivity contribution in [3.63, 3.8) is 0 Å². The predicted octanol–water partition coefficient (Wildman–Crippen LogP) is 4.21. The maximum absolute atomic E-state index is 14.9. The summed E-state index contributed by atoms with van der Waals surface area (Å²) in [6.07, 6.45) is 6.44. The van der Waals surface area contributed by atoms with Crippen LogP contribution in [0.3, 0.4) is 0 Å². The second-order valence-corrected chi connectivity index (χ2v) is 11.2. The maximum atomic E-state index is 14.9. The molecule has 4 rings (SSSR count). The maximum Gasteiger partial charge on any atom is 0.214 e. The van der Waals surface area contributed by atoms with Crippen molar-refractivity contribution in [3.05, 3.63) is 53.8 Å². The molecule has 33 heavy (non-hydrogen) atoms. The van der Waals surface area contributed by atoms with Gasteiger partial charge in [-0.1, -0.05) is 24.3 Å². The lowest BCUT2D eigenvalue weighted by molar-refractivity contribution is -0.122. The molecule has 2 fully saturated rings. The number of carbonyl (C=O) groups excluding carboxylic acids is 1. The third-order valence-electron chi connectivity index (χ3n) is 6.68. The lowest BCUT2D eigenvalue weighted by atomic mass is 9.88. The van der Waals surface area contributed by atoms with E-state index in [4.69, 9.17) is 5.26 Å². The number of fused-ring (bicyclic) bond motifs is 2. The molecule has 0 radical (unpaired) electrons. The minimum Gasteiger partial charge on any atom is -0.304 e. The molecule has 2 aromatic carbocycles. The van der Waals surface area contributed by atoms with Crippen molar-refractivity contribution in [3.8, 4) is 23.4 Å². The summed E-state index contributed by atoms with van der Waals surface area (Å²) >= 11 is 0. The zero-order valence-electron chi connectivity index (χ0n) is 18.3. The van der Waals surface area contributed by atoms with Crippen molar-refractivity contribution in [2.45, 2.75) is 49.1 Å². The molecule has 0 spiro atoms. The van der Waals surface area contributed by atoms with Crippen molar-refractivity contribution in [1.29, 1.82) is 10.5 Å². The molecular formula is C25H25FN4O2S. The van der Waals surface area contributed by atoms with Gasteiger partial charge in [-0.3, -0.25) is 4.79 Å². The number of halogens is 1. The van der Waals surface area contributed by atoms with Crippen LogP contribution in [0.1, 0.15) is 31.2 Å². The first-order chi connectivity index (χ1) is 15.8. The van der Waals surface area contributed by atoms with Crippen LogP contribution in [-0.4, -0.2) is 28.3 Å². The largest absolute Gasteiger partial charge is 0.304 e. The number of ketones is 1. The van der Waals surface area contributed by atoms with Crippen molar-refractivity contribution in [2.24, 2.45) is 16.2 Å². The Labute approximate surface area is 193 Å². The second-order valence-electron chi connectivity index (χ2n) is 8.94. The normalized spacial score (nSPS) is 23.8. The molecule has 1 saturated heterocycles. The van der Waals surface area contributed by atoms with E-state index < -0.39 is 21.5 Å². The number of hydrogen-bond acceptors (Lipinski definition) is 6. The molecule has 170 valence electrons. The molecule has 5 atom stereocenters. The van der Waals surface area contributed by atoms with Crippen molar-refractivity contribution in [2.75, 3.05) is 6.26 Å². The quantitative estimate of drug-likeness (QED) is 0.618. The van der Waals surface area contributed by atoms with Gasteiger partial charge in [0.05, 0.1) is 27.8 Å². The summed E-state index contributed by atoms with van der Waals surface area (Å²) in [6.45, 7) is 0. The molecule has 0 amide bonds. The van der Waals surface area contributed by atoms with Crippen LogP contribution in [0.25, 0.3) is 11.1 Å². The highest BCUT2D eigenvalue weighted by Crippen LogP contribution is 2.36. The Bertz CT molecular complexity index is 1290. The first-order valence-electron chi connectivity index (χ1n) is 11.0. The van der Waals surface area contributed by atoms with Gasteiger partial charge in [0, 0.05) is 23.6 Å². The molecule has 1 heterocycles. The van der Waals surface area contributed by atoms with Gasteiger partial charge in [-0.05, 0) is 66.5 Å². The summed E-state index contributed by atoms with van der Waals surface area (Å²) in [5, 5.41) is 21.7. The highest BCUT2D eigenvalue weighted by Gasteiger charge is 2.42. The number of benzene rings is 2. The SMILES string of the molecule is CS(=O)(=NC#N)c1cccc(-c2ccc(C[C@@H](C#N)CC(=O)[C@H]3N[C@@H]4CC[C@H]3C4)c(F)c2)c1. The molecule has 8 heteroatoms. The Morgan fingerprint density at radius 2 is 2.03 bits per heavy atom. The van der Waals surface area contributed by atoms with Crippen LogP contribution >= 0.6 is 0 Å². The second kappa shape index (κ2) is 9.43. The zero-order chi connectivity index (χ0) is 23.6. The number of nitriles is 2. The fourth-order valence-electron chi connectivity index (χ4n) is 4.95. The third kappa shape index (κ3) is 4.98. The fourth-order valence-corrected chi connectivity index (χ4v) is 5.89. The van der Waals surface area contributed by atoms with Gasteiger partial charge in [0.25, 0.3) is 0 Å². The molecular weight excluding hydrogens is 439 g/mol. The van der Waals surface area contributed by atoms with E-state index >= 15 is 0 Å². The Balaban J connectivity index is 1.48. The molecule has 2 aromatic rings. The van der Waals surface area contributed by atoms with Gasteiger partial charge in [-0.25, -0.2) is 8.60 Å². The summed E-state index contributed by atoms with van der Waals surface area (Å²) in [5.74, 6) is -0.622. The first-order valence-corrected chi connectivity index (χ1v) is 12.9. The van der Waals surface area contributed by atoms with Gasteiger partial charge in [0.15, 0.2) is 5.78 Å². The van der Waals surface area contributed by atoms with Crippen molar-refractivity contribution < 1.29 is 13.4 Å². The average molecular weight is 465 g/mol. The number of rotatable bonds is 7. The van der Waals surface area contributed by atoms with Gasteiger partial charge < -0.3 is 5.32 Å². The van der Waals surface area contributed by atoms with Gasteiger partial charge in [-0.15, -0.1) is 4.36 Å². The van der Waals surface area contributed by atoms with Gasteiger partial charge in [0.1, 0.15) is 5.82 Å². The van der Waals surface area contributed by atoms with E-state index in [0.717, 1.165) is 19.3 Å². The highest BCUT2D eigenvalue weighted by molar-refractivity contribution is 7.93. The predicted molar refractivity (Wildman–Crippen MR) is 123 cm³/mol. The molecule has 0 aromatic heterocycles. The molecule has 2 bridgehead atoms. The van der Waals surface area contributed by atoms with E-state index in [9.17, 15) is 18.7 Å². The van der Waals surface area contributed by atoms with Gasteiger partial charge >= 0.3 is 0 Å². The minimum atomic E-state index is -2.85. The minimum absolute atomic E-state index is 0.0496. The van der Waals surface area contributed by atoms with Crippen LogP contribution in [0, 0.1) is 40.4 Å². The third-order valence-corrected chi connectivity index (χ3v) is 8.23. The number of piperidine rings is 1. The van der Waals surface area contributed by atoms with E-state index in [0.29, 0.717) is 33.5 Å². The Morgan fingerprint density at radius 1 is 1.24 bits per heavy atom. The molecule has 1 aliphatic heterocycles. The van der Waals surface area contributed by atoms with E-state index in [2.05, 4.69) is 15.7 Å². The number of hydrogen-bond donors (Lipinski definition) is 1. The number of carbonyl (C=O) groups is 1. The molecule has 2 aliphatic rings. The lowest BCUT2D eigenvalue weighted by Crippen LogP contribution is -2.42. The van der Waals surface area contributed by atoms with E-state index in [1.807, 2.05) is 0 Å². The average Bonchev–Trinajstić information content (AvgIpc) is 3.44. The number of nitrogens with zero attached hydrogens (tertiary/aromatic N) is 3. The van der Waals surface area contributed by atoms with Crippen molar-refractivity contribution >= 4 is 15.5 Å². The topological polar surface area (TPSA) is 106 Å². The summed E-state index contributed by atoms with van der Waals surface area (Å²) in [7, 11) is -2.85.